The van der Waals surface area contributed by atoms with Crippen molar-refractivity contribution >= 4 is 23.5 Å². The van der Waals surface area contributed by atoms with Gasteiger partial charge in [0.25, 0.3) is 0 Å². The molecule has 1 unspecified atom stereocenters. The number of anilines is 1. The van der Waals surface area contributed by atoms with Gasteiger partial charge in [-0.05, 0) is 23.8 Å². The summed E-state index contributed by atoms with van der Waals surface area (Å²) in [5, 5.41) is 7.65. The van der Waals surface area contributed by atoms with Crippen molar-refractivity contribution in [2.24, 2.45) is 0 Å². The first kappa shape index (κ1) is 15.7. The van der Waals surface area contributed by atoms with Gasteiger partial charge in [0.1, 0.15) is 18.7 Å². The second kappa shape index (κ2) is 6.57. The molecule has 3 aromatic rings. The molecule has 1 N–H and O–H groups in total. The highest BCUT2D eigenvalue weighted by Crippen LogP contribution is 2.34. The second-order valence-electron chi connectivity index (χ2n) is 5.75. The molecular formula is C18H15ClN4O2. The van der Waals surface area contributed by atoms with Crippen LogP contribution in [0, 0.1) is 0 Å². The minimum Gasteiger partial charge on any atom is -0.489 e. The summed E-state index contributed by atoms with van der Waals surface area (Å²) >= 11 is 5.91. The van der Waals surface area contributed by atoms with Crippen LogP contribution in [0.2, 0.25) is 5.02 Å². The highest BCUT2D eigenvalue weighted by atomic mass is 35.5. The molecule has 0 saturated carbocycles. The largest absolute Gasteiger partial charge is 0.489 e. The topological polar surface area (TPSA) is 69.0 Å². The van der Waals surface area contributed by atoms with Crippen molar-refractivity contribution < 1.29 is 9.53 Å². The minimum atomic E-state index is -0.243. The van der Waals surface area contributed by atoms with Gasteiger partial charge in [-0.3, -0.25) is 10.1 Å². The lowest BCUT2D eigenvalue weighted by Gasteiger charge is -2.25. The number of nitrogens with zero attached hydrogens (tertiary/aromatic N) is 3. The van der Waals surface area contributed by atoms with Crippen LogP contribution in [0.15, 0.2) is 54.9 Å². The predicted molar refractivity (Wildman–Crippen MR) is 93.6 cm³/mol. The summed E-state index contributed by atoms with van der Waals surface area (Å²) in [5.74, 6) is 1.09. The molecule has 0 spiro atoms. The third-order valence-corrected chi connectivity index (χ3v) is 4.34. The highest BCUT2D eigenvalue weighted by molar-refractivity contribution is 6.30. The quantitative estimate of drug-likeness (QED) is 0.779. The van der Waals surface area contributed by atoms with Crippen LogP contribution < -0.4 is 10.1 Å². The van der Waals surface area contributed by atoms with Gasteiger partial charge in [-0.15, -0.1) is 0 Å². The molecule has 0 fully saturated rings. The average molecular weight is 355 g/mol. The summed E-state index contributed by atoms with van der Waals surface area (Å²) in [6, 6.07) is 15.0. The van der Waals surface area contributed by atoms with Crippen molar-refractivity contribution in [1.29, 1.82) is 0 Å². The zero-order valence-electron chi connectivity index (χ0n) is 13.2. The van der Waals surface area contributed by atoms with Gasteiger partial charge in [-0.1, -0.05) is 41.9 Å². The van der Waals surface area contributed by atoms with Gasteiger partial charge in [0, 0.05) is 10.6 Å². The van der Waals surface area contributed by atoms with Crippen molar-refractivity contribution in [3.05, 3.63) is 71.0 Å². The van der Waals surface area contributed by atoms with E-state index in [0.29, 0.717) is 17.6 Å². The van der Waals surface area contributed by atoms with Crippen LogP contribution in [-0.2, 0) is 11.4 Å². The monoisotopic (exact) mass is 354 g/mol. The van der Waals surface area contributed by atoms with E-state index in [4.69, 9.17) is 16.3 Å². The summed E-state index contributed by atoms with van der Waals surface area (Å²) in [6.07, 6.45) is 1.72. The molecule has 1 aliphatic heterocycles. The van der Waals surface area contributed by atoms with E-state index in [2.05, 4.69) is 15.4 Å². The molecule has 1 aliphatic rings. The van der Waals surface area contributed by atoms with Gasteiger partial charge in [-0.25, -0.2) is 4.68 Å². The molecule has 2 heterocycles. The number of carbonyl (C=O) groups is 1. The zero-order chi connectivity index (χ0) is 17.2. The number of amides is 1. The number of hydrogen-bond acceptors (Lipinski definition) is 4. The normalized spacial score (nSPS) is 16.2. The molecule has 126 valence electrons. The minimum absolute atomic E-state index is 0.0852. The van der Waals surface area contributed by atoms with Crippen LogP contribution >= 0.6 is 11.6 Å². The van der Waals surface area contributed by atoms with Gasteiger partial charge in [-0.2, -0.15) is 10.1 Å². The fourth-order valence-corrected chi connectivity index (χ4v) is 3.00. The summed E-state index contributed by atoms with van der Waals surface area (Å²) < 4.78 is 7.72. The van der Waals surface area contributed by atoms with Gasteiger partial charge < -0.3 is 4.74 Å². The van der Waals surface area contributed by atoms with Gasteiger partial charge in [0.2, 0.25) is 11.9 Å². The Morgan fingerprint density at radius 1 is 1.20 bits per heavy atom. The van der Waals surface area contributed by atoms with Crippen molar-refractivity contribution in [3.8, 4) is 5.75 Å². The van der Waals surface area contributed by atoms with Crippen LogP contribution in [-0.4, -0.2) is 20.7 Å². The van der Waals surface area contributed by atoms with Crippen molar-refractivity contribution in [1.82, 2.24) is 14.8 Å². The maximum absolute atomic E-state index is 12.0. The first-order chi connectivity index (χ1) is 12.2. The molecule has 4 rings (SSSR count). The number of fused-ring (bicyclic) bond motifs is 1. The molecule has 0 bridgehead atoms. The van der Waals surface area contributed by atoms with Crippen LogP contribution in [0.25, 0.3) is 0 Å². The maximum Gasteiger partial charge on any atom is 0.229 e. The third-order valence-electron chi connectivity index (χ3n) is 4.08. The van der Waals surface area contributed by atoms with Crippen LogP contribution in [0.5, 0.6) is 5.75 Å². The number of hydrogen-bond donors (Lipinski definition) is 1. The number of benzene rings is 2. The molecule has 0 radical (unpaired) electrons. The number of para-hydroxylation sites is 1. The van der Waals surface area contributed by atoms with E-state index in [-0.39, 0.29) is 18.4 Å². The molecule has 0 aliphatic carbocycles. The van der Waals surface area contributed by atoms with Crippen LogP contribution in [0.3, 0.4) is 0 Å². The fraction of sp³-hybridized carbons (Fsp3) is 0.167. The molecule has 1 aromatic heterocycles. The van der Waals surface area contributed by atoms with Gasteiger partial charge in [0.05, 0.1) is 12.5 Å². The lowest BCUT2D eigenvalue weighted by atomic mass is 10.0. The van der Waals surface area contributed by atoms with E-state index in [1.165, 1.54) is 6.33 Å². The molecule has 1 amide bonds. The van der Waals surface area contributed by atoms with Crippen LogP contribution in [0.1, 0.15) is 23.6 Å². The average Bonchev–Trinajstić information content (AvgIpc) is 3.09. The van der Waals surface area contributed by atoms with Crippen molar-refractivity contribution in [3.63, 3.8) is 0 Å². The second-order valence-corrected chi connectivity index (χ2v) is 6.19. The van der Waals surface area contributed by atoms with E-state index < -0.39 is 0 Å². The summed E-state index contributed by atoms with van der Waals surface area (Å²) in [6.45, 7) is 0.414. The Bertz CT molecular complexity index is 907. The van der Waals surface area contributed by atoms with Crippen molar-refractivity contribution in [2.45, 2.75) is 19.1 Å². The Hall–Kier alpha value is -2.86. The molecule has 7 heteroatoms. The molecule has 2 aromatic carbocycles. The summed E-state index contributed by atoms with van der Waals surface area (Å²) in [5.41, 5.74) is 1.92. The lowest BCUT2D eigenvalue weighted by Crippen LogP contribution is -2.29. The molecule has 1 atom stereocenters. The van der Waals surface area contributed by atoms with Crippen molar-refractivity contribution in [2.75, 3.05) is 5.32 Å². The maximum atomic E-state index is 12.0. The Morgan fingerprint density at radius 2 is 2.00 bits per heavy atom. The predicted octanol–water partition coefficient (Wildman–Crippen LogP) is 3.44. The number of aromatic nitrogens is 3. The fourth-order valence-electron chi connectivity index (χ4n) is 2.88. The van der Waals surface area contributed by atoms with E-state index in [1.54, 1.807) is 4.68 Å². The van der Waals surface area contributed by atoms with Crippen LogP contribution in [0.4, 0.5) is 5.95 Å². The zero-order valence-corrected chi connectivity index (χ0v) is 14.0. The Labute approximate surface area is 149 Å². The smallest absolute Gasteiger partial charge is 0.229 e. The van der Waals surface area contributed by atoms with E-state index in [0.717, 1.165) is 16.9 Å². The Morgan fingerprint density at radius 3 is 2.84 bits per heavy atom. The molecule has 0 saturated heterocycles. The SMILES string of the molecule is O=C1CC(c2ccccc2OCc2ccc(Cl)cc2)n2ncnc2N1. The van der Waals surface area contributed by atoms with Gasteiger partial charge in [0.15, 0.2) is 0 Å². The molecule has 6 nitrogen and oxygen atoms in total. The highest BCUT2D eigenvalue weighted by Gasteiger charge is 2.29. The molecular weight excluding hydrogens is 340 g/mol. The third kappa shape index (κ3) is 3.21. The lowest BCUT2D eigenvalue weighted by molar-refractivity contribution is -0.117. The summed E-state index contributed by atoms with van der Waals surface area (Å²) in [7, 11) is 0. The Balaban J connectivity index is 1.61. The summed E-state index contributed by atoms with van der Waals surface area (Å²) in [4.78, 5) is 16.1. The Kier molecular flexibility index (Phi) is 4.11. The number of halogens is 1. The van der Waals surface area contributed by atoms with E-state index in [1.807, 2.05) is 48.5 Å². The van der Waals surface area contributed by atoms with Gasteiger partial charge >= 0.3 is 0 Å². The number of ether oxygens (including phenoxy) is 1. The molecule has 25 heavy (non-hydrogen) atoms. The number of carbonyl (C=O) groups excluding carboxylic acids is 1. The first-order valence-electron chi connectivity index (χ1n) is 7.86. The van der Waals surface area contributed by atoms with E-state index >= 15 is 0 Å². The van der Waals surface area contributed by atoms with E-state index in [9.17, 15) is 4.79 Å². The standard InChI is InChI=1S/C18H15ClN4O2/c19-13-7-5-12(6-8-13)10-25-16-4-2-1-3-14(16)15-9-17(24)22-18-20-11-21-23(15)18/h1-8,11,15H,9-10H2,(H,20,21,22,24). The number of nitrogens with one attached hydrogen (secondary N) is 1. The number of rotatable bonds is 4. The first-order valence-corrected chi connectivity index (χ1v) is 8.24.